The van der Waals surface area contributed by atoms with Gasteiger partial charge in [0.1, 0.15) is 0 Å². The Kier molecular flexibility index (Phi) is 4.66. The summed E-state index contributed by atoms with van der Waals surface area (Å²) in [4.78, 5) is 11.9. The van der Waals surface area contributed by atoms with Crippen molar-refractivity contribution in [3.8, 4) is 0 Å². The third-order valence-corrected chi connectivity index (χ3v) is 3.70. The van der Waals surface area contributed by atoms with Crippen molar-refractivity contribution >= 4 is 16.5 Å². The van der Waals surface area contributed by atoms with Gasteiger partial charge in [-0.1, -0.05) is 6.92 Å². The molecule has 0 aliphatic rings. The summed E-state index contributed by atoms with van der Waals surface area (Å²) in [5.41, 5.74) is 1.25. The summed E-state index contributed by atoms with van der Waals surface area (Å²) in [6.45, 7) is 4.85. The van der Waals surface area contributed by atoms with Gasteiger partial charge in [-0.3, -0.25) is 4.98 Å². The Morgan fingerprint density at radius 2 is 2.11 bits per heavy atom. The number of nitrogens with zero attached hydrogens (tertiary/aromatic N) is 3. The second kappa shape index (κ2) is 6.47. The van der Waals surface area contributed by atoms with Gasteiger partial charge in [0.25, 0.3) is 0 Å². The maximum Gasteiger partial charge on any atom is 0.185 e. The van der Waals surface area contributed by atoms with E-state index in [1.54, 1.807) is 11.3 Å². The molecular weight excluding hydrogens is 244 g/mol. The molecule has 96 valence electrons. The molecule has 5 heteroatoms. The molecule has 0 spiro atoms. The van der Waals surface area contributed by atoms with Gasteiger partial charge < -0.3 is 10.2 Å². The molecule has 0 saturated heterocycles. The Morgan fingerprint density at radius 1 is 1.33 bits per heavy atom. The van der Waals surface area contributed by atoms with Gasteiger partial charge in [0.05, 0.1) is 0 Å². The normalized spacial score (nSPS) is 10.6. The van der Waals surface area contributed by atoms with Crippen LogP contribution in [0.3, 0.4) is 0 Å². The molecule has 4 nitrogen and oxygen atoms in total. The van der Waals surface area contributed by atoms with Crippen LogP contribution in [0.5, 0.6) is 0 Å². The van der Waals surface area contributed by atoms with E-state index >= 15 is 0 Å². The zero-order chi connectivity index (χ0) is 12.8. The van der Waals surface area contributed by atoms with Crippen molar-refractivity contribution in [1.29, 1.82) is 0 Å². The van der Waals surface area contributed by atoms with Crippen molar-refractivity contribution in [3.63, 3.8) is 0 Å². The van der Waals surface area contributed by atoms with E-state index in [0.717, 1.165) is 24.8 Å². The van der Waals surface area contributed by atoms with Gasteiger partial charge in [0.15, 0.2) is 5.13 Å². The Hall–Kier alpha value is -1.46. The molecule has 0 fully saturated rings. The van der Waals surface area contributed by atoms with Gasteiger partial charge in [-0.25, -0.2) is 4.98 Å². The predicted molar refractivity (Wildman–Crippen MR) is 75.8 cm³/mol. The third kappa shape index (κ3) is 3.51. The smallest absolute Gasteiger partial charge is 0.185 e. The summed E-state index contributed by atoms with van der Waals surface area (Å²) < 4.78 is 0. The van der Waals surface area contributed by atoms with Crippen LogP contribution in [0.15, 0.2) is 30.7 Å². The van der Waals surface area contributed by atoms with E-state index in [9.17, 15) is 0 Å². The van der Waals surface area contributed by atoms with E-state index in [0.29, 0.717) is 0 Å². The number of hydrogen-bond donors (Lipinski definition) is 1. The molecular formula is C13H18N4S. The molecule has 1 N–H and O–H groups in total. The lowest BCUT2D eigenvalue weighted by Gasteiger charge is -2.15. The Morgan fingerprint density at radius 3 is 2.83 bits per heavy atom. The first kappa shape index (κ1) is 13.0. The highest BCUT2D eigenvalue weighted by Gasteiger charge is 2.07. The largest absolute Gasteiger partial charge is 0.347 e. The average Bonchev–Trinajstić information content (AvgIpc) is 2.86. The molecule has 2 heterocycles. The lowest BCUT2D eigenvalue weighted by Crippen LogP contribution is -2.15. The molecule has 0 radical (unpaired) electrons. The summed E-state index contributed by atoms with van der Waals surface area (Å²) in [7, 11) is 2.07. The predicted octanol–water partition coefficient (Wildman–Crippen LogP) is 2.28. The van der Waals surface area contributed by atoms with Crippen LogP contribution in [0.25, 0.3) is 0 Å². The van der Waals surface area contributed by atoms with E-state index in [4.69, 9.17) is 0 Å². The van der Waals surface area contributed by atoms with E-state index in [2.05, 4.69) is 34.2 Å². The molecule has 18 heavy (non-hydrogen) atoms. The van der Waals surface area contributed by atoms with Crippen LogP contribution in [0.1, 0.15) is 17.4 Å². The number of nitrogens with one attached hydrogen (secondary N) is 1. The van der Waals surface area contributed by atoms with Gasteiger partial charge in [-0.15, -0.1) is 11.3 Å². The van der Waals surface area contributed by atoms with Crippen molar-refractivity contribution in [1.82, 2.24) is 15.3 Å². The molecule has 0 amide bonds. The maximum atomic E-state index is 4.45. The first-order valence-electron chi connectivity index (χ1n) is 6.05. The van der Waals surface area contributed by atoms with Crippen molar-refractivity contribution in [2.24, 2.45) is 0 Å². The first-order valence-corrected chi connectivity index (χ1v) is 6.86. The summed E-state index contributed by atoms with van der Waals surface area (Å²) in [6, 6.07) is 4.06. The second-order valence-electron chi connectivity index (χ2n) is 4.10. The summed E-state index contributed by atoms with van der Waals surface area (Å²) >= 11 is 1.74. The third-order valence-electron chi connectivity index (χ3n) is 2.59. The Bertz CT molecular complexity index is 469. The van der Waals surface area contributed by atoms with Crippen LogP contribution >= 0.6 is 11.3 Å². The van der Waals surface area contributed by atoms with Crippen molar-refractivity contribution < 1.29 is 0 Å². The number of aromatic nitrogens is 2. The number of thiazole rings is 1. The zero-order valence-electron chi connectivity index (χ0n) is 10.8. The van der Waals surface area contributed by atoms with Crippen molar-refractivity contribution in [2.75, 3.05) is 18.5 Å². The highest BCUT2D eigenvalue weighted by Crippen LogP contribution is 2.22. The lowest BCUT2D eigenvalue weighted by atomic mass is 10.2. The van der Waals surface area contributed by atoms with Gasteiger partial charge >= 0.3 is 0 Å². The molecule has 0 unspecified atom stereocenters. The first-order chi connectivity index (χ1) is 8.79. The monoisotopic (exact) mass is 262 g/mol. The average molecular weight is 262 g/mol. The van der Waals surface area contributed by atoms with E-state index in [1.165, 1.54) is 10.4 Å². The summed E-state index contributed by atoms with van der Waals surface area (Å²) in [6.07, 6.45) is 5.59. The van der Waals surface area contributed by atoms with E-state index < -0.39 is 0 Å². The number of hydrogen-bond acceptors (Lipinski definition) is 5. The number of pyridine rings is 1. The minimum Gasteiger partial charge on any atom is -0.347 e. The highest BCUT2D eigenvalue weighted by molar-refractivity contribution is 7.15. The zero-order valence-corrected chi connectivity index (χ0v) is 11.6. The van der Waals surface area contributed by atoms with Crippen molar-refractivity contribution in [2.45, 2.75) is 20.0 Å². The molecule has 0 saturated carbocycles. The minimum absolute atomic E-state index is 0.858. The fourth-order valence-corrected chi connectivity index (χ4v) is 2.47. The van der Waals surface area contributed by atoms with Gasteiger partial charge in [-0.05, 0) is 24.2 Å². The summed E-state index contributed by atoms with van der Waals surface area (Å²) in [5, 5.41) is 4.37. The van der Waals surface area contributed by atoms with Crippen LogP contribution in [-0.4, -0.2) is 23.6 Å². The fourth-order valence-electron chi connectivity index (χ4n) is 1.63. The SMILES string of the molecule is CCNCc1cnc(N(C)Cc2ccncc2)s1. The number of rotatable bonds is 6. The van der Waals surface area contributed by atoms with Crippen LogP contribution in [-0.2, 0) is 13.1 Å². The standard InChI is InChI=1S/C13H18N4S/c1-3-14-8-12-9-16-13(18-12)17(2)10-11-4-6-15-7-5-11/h4-7,9,14H,3,8,10H2,1-2H3. The second-order valence-corrected chi connectivity index (χ2v) is 5.19. The Labute approximate surface area is 112 Å². The molecule has 0 atom stereocenters. The van der Waals surface area contributed by atoms with Crippen LogP contribution in [0.2, 0.25) is 0 Å². The highest BCUT2D eigenvalue weighted by atomic mass is 32.1. The molecule has 0 aliphatic carbocycles. The topological polar surface area (TPSA) is 41.1 Å². The van der Waals surface area contributed by atoms with Crippen LogP contribution < -0.4 is 10.2 Å². The fraction of sp³-hybridized carbons (Fsp3) is 0.385. The Balaban J connectivity index is 1.96. The quantitative estimate of drug-likeness (QED) is 0.867. The minimum atomic E-state index is 0.858. The van der Waals surface area contributed by atoms with Crippen LogP contribution in [0.4, 0.5) is 5.13 Å². The van der Waals surface area contributed by atoms with Gasteiger partial charge in [0.2, 0.25) is 0 Å². The molecule has 2 rings (SSSR count). The molecule has 0 aliphatic heterocycles. The molecule has 0 aromatic carbocycles. The summed E-state index contributed by atoms with van der Waals surface area (Å²) in [5.74, 6) is 0. The van der Waals surface area contributed by atoms with E-state index in [1.807, 2.05) is 30.7 Å². The van der Waals surface area contributed by atoms with Crippen LogP contribution in [0, 0.1) is 0 Å². The van der Waals surface area contributed by atoms with E-state index in [-0.39, 0.29) is 0 Å². The van der Waals surface area contributed by atoms with Gasteiger partial charge in [-0.2, -0.15) is 0 Å². The molecule has 0 bridgehead atoms. The molecule has 2 aromatic heterocycles. The molecule has 2 aromatic rings. The lowest BCUT2D eigenvalue weighted by molar-refractivity contribution is 0.734. The maximum absolute atomic E-state index is 4.45. The number of anilines is 1. The van der Waals surface area contributed by atoms with Gasteiger partial charge in [0, 0.05) is 43.6 Å². The van der Waals surface area contributed by atoms with Crippen molar-refractivity contribution in [3.05, 3.63) is 41.2 Å².